The number of carboxylic acid groups (broad SMARTS) is 1. The number of carboxylic acids is 1. The molecule has 4 aliphatic carbocycles. The Hall–Kier alpha value is -1.62. The number of carbonyl (C=O) groups excluding carboxylic acids is 1. The maximum Gasteiger partial charge on any atom is 0.328 e. The van der Waals surface area contributed by atoms with Gasteiger partial charge in [-0.05, 0) is 92.4 Å². The number of aliphatic carboxylic acids is 1. The van der Waals surface area contributed by atoms with E-state index in [-0.39, 0.29) is 28.8 Å². The summed E-state index contributed by atoms with van der Waals surface area (Å²) < 4.78 is 5.54. The van der Waals surface area contributed by atoms with Gasteiger partial charge in [0.15, 0.2) is 0 Å². The van der Waals surface area contributed by atoms with Gasteiger partial charge in [-0.2, -0.15) is 0 Å². The summed E-state index contributed by atoms with van der Waals surface area (Å²) in [6.07, 6.45) is 13.3. The van der Waals surface area contributed by atoms with E-state index >= 15 is 0 Å². The van der Waals surface area contributed by atoms with Crippen molar-refractivity contribution >= 4 is 11.9 Å². The van der Waals surface area contributed by atoms with Crippen molar-refractivity contribution in [1.82, 2.24) is 0 Å². The highest BCUT2D eigenvalue weighted by atomic mass is 16.5. The smallest absolute Gasteiger partial charge is 0.328 e. The monoisotopic (exact) mass is 430 g/mol. The SMILES string of the molecule is CC(=O)OC1CCC2(C)C(=CCC3C2CCC2(C)C3CCC2C(C)(O)C=CC(=O)O)C1. The molecular formula is C26H38O5. The summed E-state index contributed by atoms with van der Waals surface area (Å²) in [5, 5.41) is 20.2. The normalized spacial score (nSPS) is 43.9. The predicted molar refractivity (Wildman–Crippen MR) is 118 cm³/mol. The maximum absolute atomic E-state index is 11.4. The summed E-state index contributed by atoms with van der Waals surface area (Å²) in [5.41, 5.74) is 0.603. The minimum Gasteiger partial charge on any atom is -0.478 e. The third-order valence-electron chi connectivity index (χ3n) is 9.66. The van der Waals surface area contributed by atoms with E-state index in [1.807, 2.05) is 0 Å². The fraction of sp³-hybridized carbons (Fsp3) is 0.769. The van der Waals surface area contributed by atoms with Crippen molar-refractivity contribution < 1.29 is 24.5 Å². The Morgan fingerprint density at radius 3 is 2.58 bits per heavy atom. The van der Waals surface area contributed by atoms with Gasteiger partial charge >= 0.3 is 11.9 Å². The molecular weight excluding hydrogens is 392 g/mol. The second kappa shape index (κ2) is 7.75. The molecule has 172 valence electrons. The number of rotatable bonds is 4. The van der Waals surface area contributed by atoms with Crippen molar-refractivity contribution in [3.63, 3.8) is 0 Å². The first-order chi connectivity index (χ1) is 14.5. The van der Waals surface area contributed by atoms with Gasteiger partial charge in [-0.15, -0.1) is 0 Å². The Kier molecular flexibility index (Phi) is 5.65. The van der Waals surface area contributed by atoms with Crippen LogP contribution in [-0.2, 0) is 14.3 Å². The molecule has 0 aliphatic heterocycles. The Balaban J connectivity index is 1.56. The molecule has 0 saturated heterocycles. The molecule has 2 N–H and O–H groups in total. The van der Waals surface area contributed by atoms with Gasteiger partial charge in [0.2, 0.25) is 0 Å². The zero-order valence-electron chi connectivity index (χ0n) is 19.4. The van der Waals surface area contributed by atoms with Crippen LogP contribution < -0.4 is 0 Å². The fourth-order valence-electron chi connectivity index (χ4n) is 8.28. The summed E-state index contributed by atoms with van der Waals surface area (Å²) in [6.45, 7) is 8.06. The van der Waals surface area contributed by atoms with E-state index in [9.17, 15) is 14.7 Å². The van der Waals surface area contributed by atoms with Gasteiger partial charge in [0.05, 0.1) is 5.60 Å². The first-order valence-corrected chi connectivity index (χ1v) is 12.0. The maximum atomic E-state index is 11.4. The van der Waals surface area contributed by atoms with E-state index in [1.165, 1.54) is 18.6 Å². The third kappa shape index (κ3) is 3.77. The van der Waals surface area contributed by atoms with Crippen LogP contribution in [0.4, 0.5) is 0 Å². The summed E-state index contributed by atoms with van der Waals surface area (Å²) in [4.78, 5) is 22.5. The van der Waals surface area contributed by atoms with Gasteiger partial charge in [0, 0.05) is 19.4 Å². The number of aliphatic hydroxyl groups is 1. The molecule has 4 aliphatic rings. The molecule has 0 bridgehead atoms. The first kappa shape index (κ1) is 22.6. The van der Waals surface area contributed by atoms with Crippen LogP contribution in [0.1, 0.15) is 79.1 Å². The van der Waals surface area contributed by atoms with Crippen LogP contribution in [-0.4, -0.2) is 33.9 Å². The topological polar surface area (TPSA) is 83.8 Å². The lowest BCUT2D eigenvalue weighted by Crippen LogP contribution is -2.52. The number of allylic oxidation sites excluding steroid dienone is 1. The molecule has 31 heavy (non-hydrogen) atoms. The van der Waals surface area contributed by atoms with Gasteiger partial charge in [-0.1, -0.05) is 25.5 Å². The van der Waals surface area contributed by atoms with Crippen molar-refractivity contribution in [2.45, 2.75) is 90.8 Å². The first-order valence-electron chi connectivity index (χ1n) is 12.0. The largest absolute Gasteiger partial charge is 0.478 e. The standard InChI is InChI=1S/C26H38O5/c1-16(27)31-18-9-12-24(2)17(15-18)5-6-19-20-7-8-22(25(20,3)13-10-21(19)24)26(4,30)14-11-23(28)29/h5,11,14,18-22,30H,6-10,12-13,15H2,1-4H3,(H,28,29). The third-order valence-corrected chi connectivity index (χ3v) is 9.66. The quantitative estimate of drug-likeness (QED) is 0.377. The van der Waals surface area contributed by atoms with Crippen molar-refractivity contribution in [2.24, 2.45) is 34.5 Å². The predicted octanol–water partition coefficient (Wildman–Crippen LogP) is 4.89. The molecule has 0 aromatic heterocycles. The van der Waals surface area contributed by atoms with E-state index in [4.69, 9.17) is 9.84 Å². The van der Waals surface area contributed by atoms with Crippen LogP contribution in [0.3, 0.4) is 0 Å². The van der Waals surface area contributed by atoms with Gasteiger partial charge in [0.25, 0.3) is 0 Å². The summed E-state index contributed by atoms with van der Waals surface area (Å²) in [6, 6.07) is 0. The number of fused-ring (bicyclic) bond motifs is 5. The lowest BCUT2D eigenvalue weighted by atomic mass is 9.46. The number of hydrogen-bond donors (Lipinski definition) is 2. The summed E-state index contributed by atoms with van der Waals surface area (Å²) in [5.74, 6) is 0.702. The summed E-state index contributed by atoms with van der Waals surface area (Å²) >= 11 is 0. The molecule has 5 heteroatoms. The van der Waals surface area contributed by atoms with E-state index in [1.54, 1.807) is 6.92 Å². The van der Waals surface area contributed by atoms with E-state index in [2.05, 4.69) is 19.9 Å². The molecule has 3 fully saturated rings. The molecule has 8 unspecified atom stereocenters. The zero-order valence-corrected chi connectivity index (χ0v) is 19.4. The van der Waals surface area contributed by atoms with E-state index < -0.39 is 11.6 Å². The average Bonchev–Trinajstić information content (AvgIpc) is 3.04. The highest BCUT2D eigenvalue weighted by Gasteiger charge is 2.61. The minimum absolute atomic E-state index is 0.0224. The molecule has 0 radical (unpaired) electrons. The number of carbonyl (C=O) groups is 2. The average molecular weight is 431 g/mol. The van der Waals surface area contributed by atoms with Crippen molar-refractivity contribution in [1.29, 1.82) is 0 Å². The number of esters is 1. The second-order valence-electron chi connectivity index (χ2n) is 11.3. The molecule has 0 aromatic rings. The van der Waals surface area contributed by atoms with Gasteiger partial charge in [-0.3, -0.25) is 4.79 Å². The van der Waals surface area contributed by atoms with Gasteiger partial charge < -0.3 is 14.9 Å². The minimum atomic E-state index is -1.10. The number of ether oxygens (including phenoxy) is 1. The van der Waals surface area contributed by atoms with Crippen LogP contribution >= 0.6 is 0 Å². The Morgan fingerprint density at radius 2 is 1.90 bits per heavy atom. The molecule has 8 atom stereocenters. The fourth-order valence-corrected chi connectivity index (χ4v) is 8.28. The highest BCUT2D eigenvalue weighted by Crippen LogP contribution is 2.67. The Bertz CT molecular complexity index is 811. The lowest BCUT2D eigenvalue weighted by molar-refractivity contribution is -0.149. The Labute approximate surface area is 185 Å². The van der Waals surface area contributed by atoms with Gasteiger partial charge in [0.1, 0.15) is 6.10 Å². The molecule has 0 amide bonds. The zero-order chi connectivity index (χ0) is 22.6. The molecule has 5 nitrogen and oxygen atoms in total. The molecule has 0 aromatic carbocycles. The van der Waals surface area contributed by atoms with E-state index in [0.29, 0.717) is 17.8 Å². The van der Waals surface area contributed by atoms with Crippen LogP contribution in [0.2, 0.25) is 0 Å². The second-order valence-corrected chi connectivity index (χ2v) is 11.3. The summed E-state index contributed by atoms with van der Waals surface area (Å²) in [7, 11) is 0. The van der Waals surface area contributed by atoms with Crippen molar-refractivity contribution in [2.75, 3.05) is 0 Å². The van der Waals surface area contributed by atoms with Crippen LogP contribution in [0.25, 0.3) is 0 Å². The van der Waals surface area contributed by atoms with Crippen LogP contribution in [0, 0.1) is 34.5 Å². The van der Waals surface area contributed by atoms with Crippen molar-refractivity contribution in [3.05, 3.63) is 23.8 Å². The van der Waals surface area contributed by atoms with Crippen molar-refractivity contribution in [3.8, 4) is 0 Å². The highest BCUT2D eigenvalue weighted by molar-refractivity contribution is 5.79. The van der Waals surface area contributed by atoms with Crippen LogP contribution in [0.5, 0.6) is 0 Å². The lowest BCUT2D eigenvalue weighted by Gasteiger charge is -2.58. The number of hydrogen-bond acceptors (Lipinski definition) is 4. The molecule has 3 saturated carbocycles. The molecule has 0 heterocycles. The molecule has 4 rings (SSSR count). The Morgan fingerprint density at radius 1 is 1.16 bits per heavy atom. The van der Waals surface area contributed by atoms with Crippen LogP contribution in [0.15, 0.2) is 23.8 Å². The van der Waals surface area contributed by atoms with E-state index in [0.717, 1.165) is 57.4 Å². The van der Waals surface area contributed by atoms with Gasteiger partial charge in [-0.25, -0.2) is 4.79 Å². The molecule has 0 spiro atoms.